The van der Waals surface area contributed by atoms with Crippen molar-refractivity contribution in [1.82, 2.24) is 10.2 Å². The van der Waals surface area contributed by atoms with Gasteiger partial charge in [-0.25, -0.2) is 0 Å². The van der Waals surface area contributed by atoms with E-state index < -0.39 is 0 Å². The maximum atomic E-state index is 12.2. The Morgan fingerprint density at radius 3 is 2.90 bits per heavy atom. The summed E-state index contributed by atoms with van der Waals surface area (Å²) in [4.78, 5) is 14.6. The molecule has 3 nitrogen and oxygen atoms in total. The third kappa shape index (κ3) is 3.96. The van der Waals surface area contributed by atoms with E-state index in [4.69, 9.17) is 11.6 Å². The minimum Gasteiger partial charge on any atom is -0.352 e. The summed E-state index contributed by atoms with van der Waals surface area (Å²) in [5.41, 5.74) is 0.633. The molecule has 5 heteroatoms. The van der Waals surface area contributed by atoms with E-state index in [1.54, 1.807) is 18.2 Å². The van der Waals surface area contributed by atoms with Crippen molar-refractivity contribution < 1.29 is 4.79 Å². The summed E-state index contributed by atoms with van der Waals surface area (Å²) < 4.78 is 0.734. The van der Waals surface area contributed by atoms with Crippen molar-refractivity contribution in [1.29, 1.82) is 0 Å². The molecule has 1 aromatic carbocycles. The number of nitrogens with zero attached hydrogens (tertiary/aromatic N) is 1. The highest BCUT2D eigenvalue weighted by molar-refractivity contribution is 9.10. The SMILES string of the molecule is CC(C)N1CCC(CNC(=O)c2ccc(Cl)cc2Br)C1. The zero-order valence-corrected chi connectivity index (χ0v) is 14.2. The summed E-state index contributed by atoms with van der Waals surface area (Å²) in [7, 11) is 0. The van der Waals surface area contributed by atoms with E-state index >= 15 is 0 Å². The van der Waals surface area contributed by atoms with Crippen molar-refractivity contribution in [2.75, 3.05) is 19.6 Å². The highest BCUT2D eigenvalue weighted by atomic mass is 79.9. The average molecular weight is 360 g/mol. The van der Waals surface area contributed by atoms with E-state index in [2.05, 4.69) is 40.0 Å². The molecule has 0 saturated carbocycles. The summed E-state index contributed by atoms with van der Waals surface area (Å²) in [5.74, 6) is 0.504. The molecule has 1 atom stereocenters. The van der Waals surface area contributed by atoms with Crippen LogP contribution in [0.2, 0.25) is 5.02 Å². The molecular weight excluding hydrogens is 340 g/mol. The van der Waals surface area contributed by atoms with Crippen LogP contribution >= 0.6 is 27.5 Å². The highest BCUT2D eigenvalue weighted by Gasteiger charge is 2.24. The van der Waals surface area contributed by atoms with Crippen molar-refractivity contribution >= 4 is 33.4 Å². The van der Waals surface area contributed by atoms with E-state index in [0.29, 0.717) is 22.5 Å². The van der Waals surface area contributed by atoms with Gasteiger partial charge in [0.1, 0.15) is 0 Å². The molecule has 1 N–H and O–H groups in total. The maximum Gasteiger partial charge on any atom is 0.252 e. The zero-order valence-electron chi connectivity index (χ0n) is 11.8. The number of nitrogens with one attached hydrogen (secondary N) is 1. The fourth-order valence-corrected chi connectivity index (χ4v) is 3.37. The molecule has 1 aliphatic heterocycles. The molecule has 0 bridgehead atoms. The van der Waals surface area contributed by atoms with Gasteiger partial charge in [0, 0.05) is 28.6 Å². The Morgan fingerprint density at radius 1 is 1.55 bits per heavy atom. The first-order valence-corrected chi connectivity index (χ1v) is 8.11. The number of carbonyl (C=O) groups is 1. The van der Waals surface area contributed by atoms with Gasteiger partial charge in [0.15, 0.2) is 0 Å². The third-order valence-electron chi connectivity index (χ3n) is 3.77. The lowest BCUT2D eigenvalue weighted by molar-refractivity contribution is 0.0946. The minimum atomic E-state index is -0.0449. The summed E-state index contributed by atoms with van der Waals surface area (Å²) in [5, 5.41) is 3.64. The highest BCUT2D eigenvalue weighted by Crippen LogP contribution is 2.22. The topological polar surface area (TPSA) is 32.3 Å². The number of amides is 1. The Kier molecular flexibility index (Phi) is 5.47. The Hall–Kier alpha value is -0.580. The Morgan fingerprint density at radius 2 is 2.30 bits per heavy atom. The van der Waals surface area contributed by atoms with Crippen molar-refractivity contribution in [2.24, 2.45) is 5.92 Å². The van der Waals surface area contributed by atoms with E-state index in [9.17, 15) is 4.79 Å². The van der Waals surface area contributed by atoms with Crippen LogP contribution in [-0.4, -0.2) is 36.5 Å². The lowest BCUT2D eigenvalue weighted by atomic mass is 10.1. The lowest BCUT2D eigenvalue weighted by Gasteiger charge is -2.20. The maximum absolute atomic E-state index is 12.2. The van der Waals surface area contributed by atoms with Gasteiger partial charge in [-0.2, -0.15) is 0 Å². The number of rotatable bonds is 4. The Labute approximate surface area is 133 Å². The fourth-order valence-electron chi connectivity index (χ4n) is 2.50. The largest absolute Gasteiger partial charge is 0.352 e. The first kappa shape index (κ1) is 15.8. The first-order valence-electron chi connectivity index (χ1n) is 6.94. The van der Waals surface area contributed by atoms with Gasteiger partial charge >= 0.3 is 0 Å². The normalized spacial score (nSPS) is 19.6. The molecule has 1 amide bonds. The van der Waals surface area contributed by atoms with E-state index in [1.807, 2.05) is 0 Å². The van der Waals surface area contributed by atoms with Crippen molar-refractivity contribution in [3.63, 3.8) is 0 Å². The smallest absolute Gasteiger partial charge is 0.252 e. The second kappa shape index (κ2) is 6.92. The van der Waals surface area contributed by atoms with Gasteiger partial charge in [0.25, 0.3) is 5.91 Å². The molecule has 0 spiro atoms. The van der Waals surface area contributed by atoms with Crippen molar-refractivity contribution in [2.45, 2.75) is 26.3 Å². The van der Waals surface area contributed by atoms with Crippen LogP contribution in [0.15, 0.2) is 22.7 Å². The Bertz CT molecular complexity index is 493. The minimum absolute atomic E-state index is 0.0449. The molecular formula is C15H20BrClN2O. The molecule has 2 rings (SSSR count). The van der Waals surface area contributed by atoms with E-state index in [0.717, 1.165) is 30.5 Å². The second-order valence-electron chi connectivity index (χ2n) is 5.58. The quantitative estimate of drug-likeness (QED) is 0.891. The summed E-state index contributed by atoms with van der Waals surface area (Å²) in [6.07, 6.45) is 1.15. The molecule has 1 aromatic rings. The molecule has 110 valence electrons. The molecule has 0 radical (unpaired) electrons. The van der Waals surface area contributed by atoms with E-state index in [-0.39, 0.29) is 5.91 Å². The molecule has 1 aliphatic rings. The molecule has 0 aliphatic carbocycles. The summed E-state index contributed by atoms with van der Waals surface area (Å²) >= 11 is 9.26. The summed E-state index contributed by atoms with van der Waals surface area (Å²) in [6.45, 7) is 7.36. The lowest BCUT2D eigenvalue weighted by Crippen LogP contribution is -2.33. The second-order valence-corrected chi connectivity index (χ2v) is 6.87. The van der Waals surface area contributed by atoms with Gasteiger partial charge in [0.05, 0.1) is 5.56 Å². The van der Waals surface area contributed by atoms with Crippen LogP contribution in [0, 0.1) is 5.92 Å². The predicted molar refractivity (Wildman–Crippen MR) is 86.3 cm³/mol. The van der Waals surface area contributed by atoms with Crippen LogP contribution < -0.4 is 5.32 Å². The average Bonchev–Trinajstić information content (AvgIpc) is 2.85. The Balaban J connectivity index is 1.87. The van der Waals surface area contributed by atoms with Gasteiger partial charge in [-0.3, -0.25) is 4.79 Å². The molecule has 1 saturated heterocycles. The molecule has 1 fully saturated rings. The summed E-state index contributed by atoms with van der Waals surface area (Å²) in [6, 6.07) is 5.81. The van der Waals surface area contributed by atoms with Crippen molar-refractivity contribution in [3.8, 4) is 0 Å². The standard InChI is InChI=1S/C15H20BrClN2O/c1-10(2)19-6-5-11(9-19)8-18-15(20)13-4-3-12(17)7-14(13)16/h3-4,7,10-11H,5-6,8-9H2,1-2H3,(H,18,20). The number of carbonyl (C=O) groups excluding carboxylic acids is 1. The van der Waals surface area contributed by atoms with Gasteiger partial charge in [-0.05, 0) is 66.9 Å². The van der Waals surface area contributed by atoms with Crippen LogP contribution in [0.5, 0.6) is 0 Å². The number of benzene rings is 1. The monoisotopic (exact) mass is 358 g/mol. The van der Waals surface area contributed by atoms with Crippen LogP contribution in [0.25, 0.3) is 0 Å². The number of likely N-dealkylation sites (tertiary alicyclic amines) is 1. The molecule has 1 unspecified atom stereocenters. The van der Waals surface area contributed by atoms with Crippen LogP contribution in [0.3, 0.4) is 0 Å². The number of halogens is 2. The van der Waals surface area contributed by atoms with E-state index in [1.165, 1.54) is 0 Å². The number of hydrogen-bond donors (Lipinski definition) is 1. The third-order valence-corrected chi connectivity index (χ3v) is 4.67. The first-order chi connectivity index (χ1) is 9.47. The van der Waals surface area contributed by atoms with Gasteiger partial charge in [-0.15, -0.1) is 0 Å². The molecule has 20 heavy (non-hydrogen) atoms. The zero-order chi connectivity index (χ0) is 14.7. The van der Waals surface area contributed by atoms with Crippen LogP contribution in [-0.2, 0) is 0 Å². The number of hydrogen-bond acceptors (Lipinski definition) is 2. The van der Waals surface area contributed by atoms with Gasteiger partial charge in [0.2, 0.25) is 0 Å². The fraction of sp³-hybridized carbons (Fsp3) is 0.533. The van der Waals surface area contributed by atoms with Crippen LogP contribution in [0.1, 0.15) is 30.6 Å². The molecule has 0 aromatic heterocycles. The van der Waals surface area contributed by atoms with Crippen LogP contribution in [0.4, 0.5) is 0 Å². The molecule has 1 heterocycles. The predicted octanol–water partition coefficient (Wildman–Crippen LogP) is 3.56. The van der Waals surface area contributed by atoms with Gasteiger partial charge in [-0.1, -0.05) is 11.6 Å². The van der Waals surface area contributed by atoms with Gasteiger partial charge < -0.3 is 10.2 Å². The van der Waals surface area contributed by atoms with Crippen molar-refractivity contribution in [3.05, 3.63) is 33.3 Å².